The van der Waals surface area contributed by atoms with Gasteiger partial charge >= 0.3 is 0 Å². The molecule has 0 radical (unpaired) electrons. The number of anilines is 2. The molecule has 0 bridgehead atoms. The summed E-state index contributed by atoms with van der Waals surface area (Å²) >= 11 is 1.06. The largest absolute Gasteiger partial charge is 0.493 e. The summed E-state index contributed by atoms with van der Waals surface area (Å²) in [5, 5.41) is 5.73. The predicted octanol–water partition coefficient (Wildman–Crippen LogP) is 2.96. The second kappa shape index (κ2) is 8.48. The molecule has 3 aromatic rings. The van der Waals surface area contributed by atoms with Gasteiger partial charge in [-0.15, -0.1) is 11.3 Å². The van der Waals surface area contributed by atoms with Gasteiger partial charge in [0.2, 0.25) is 0 Å². The number of ether oxygens (including phenoxy) is 2. The Morgan fingerprint density at radius 3 is 2.34 bits per heavy atom. The number of carbonyl (C=O) groups excluding carboxylic acids is 3. The van der Waals surface area contributed by atoms with E-state index in [0.29, 0.717) is 21.4 Å². The lowest BCUT2D eigenvalue weighted by Crippen LogP contribution is -2.18. The summed E-state index contributed by atoms with van der Waals surface area (Å²) < 4.78 is 15.4. The molecule has 0 aliphatic rings. The molecule has 0 atom stereocenters. The standard InChI is InChI=1S/C19H17N3O6S/c1-26-13-8-10(17(20)23)11(9-14(13)27-2)21-19(25)15-5-6-16(29-15)22-18(24)12-4-3-7-28-12/h3-9H,1-2H3,(H2,20,23)(H,21,25)(H,22,24). The van der Waals surface area contributed by atoms with Crippen molar-refractivity contribution in [2.24, 2.45) is 5.73 Å². The fraction of sp³-hybridized carbons (Fsp3) is 0.105. The molecule has 0 saturated heterocycles. The maximum Gasteiger partial charge on any atom is 0.291 e. The Morgan fingerprint density at radius 2 is 1.72 bits per heavy atom. The van der Waals surface area contributed by atoms with Crippen molar-refractivity contribution in [3.8, 4) is 11.5 Å². The minimum absolute atomic E-state index is 0.0684. The number of nitrogens with two attached hydrogens (primary N) is 1. The lowest BCUT2D eigenvalue weighted by molar-refractivity contribution is 0.0989. The van der Waals surface area contributed by atoms with Crippen LogP contribution >= 0.6 is 11.3 Å². The Hall–Kier alpha value is -3.79. The molecule has 0 aliphatic heterocycles. The van der Waals surface area contributed by atoms with Crippen molar-refractivity contribution in [3.63, 3.8) is 0 Å². The normalized spacial score (nSPS) is 10.3. The van der Waals surface area contributed by atoms with Gasteiger partial charge in [-0.3, -0.25) is 14.4 Å². The SMILES string of the molecule is COc1cc(NC(=O)c2ccc(NC(=O)c3ccco3)s2)c(C(N)=O)cc1OC. The summed E-state index contributed by atoms with van der Waals surface area (Å²) in [4.78, 5) is 36.7. The van der Waals surface area contributed by atoms with Crippen LogP contribution in [0.1, 0.15) is 30.6 Å². The van der Waals surface area contributed by atoms with E-state index in [1.807, 2.05) is 0 Å². The number of methoxy groups -OCH3 is 2. The van der Waals surface area contributed by atoms with E-state index in [1.165, 1.54) is 38.7 Å². The quantitative estimate of drug-likeness (QED) is 0.543. The highest BCUT2D eigenvalue weighted by atomic mass is 32.1. The van der Waals surface area contributed by atoms with Gasteiger partial charge in [0.25, 0.3) is 17.7 Å². The van der Waals surface area contributed by atoms with Crippen molar-refractivity contribution < 1.29 is 28.3 Å². The highest BCUT2D eigenvalue weighted by molar-refractivity contribution is 7.18. The van der Waals surface area contributed by atoms with Crippen molar-refractivity contribution in [1.29, 1.82) is 0 Å². The van der Waals surface area contributed by atoms with Gasteiger partial charge in [0.1, 0.15) is 0 Å². The van der Waals surface area contributed by atoms with Gasteiger partial charge in [0.15, 0.2) is 17.3 Å². The minimum atomic E-state index is -0.737. The van der Waals surface area contributed by atoms with E-state index in [-0.39, 0.29) is 17.0 Å². The monoisotopic (exact) mass is 415 g/mol. The number of hydrogen-bond donors (Lipinski definition) is 3. The van der Waals surface area contributed by atoms with Crippen molar-refractivity contribution in [3.05, 3.63) is 58.9 Å². The highest BCUT2D eigenvalue weighted by Crippen LogP contribution is 2.34. The molecule has 0 fully saturated rings. The van der Waals surface area contributed by atoms with Gasteiger partial charge in [-0.1, -0.05) is 0 Å². The Balaban J connectivity index is 1.79. The second-order valence-corrected chi connectivity index (χ2v) is 6.75. The minimum Gasteiger partial charge on any atom is -0.493 e. The van der Waals surface area contributed by atoms with Crippen LogP contribution in [-0.2, 0) is 0 Å². The van der Waals surface area contributed by atoms with Crippen LogP contribution in [0.5, 0.6) is 11.5 Å². The van der Waals surface area contributed by atoms with E-state index in [2.05, 4.69) is 10.6 Å². The van der Waals surface area contributed by atoms with Crippen LogP contribution in [0.4, 0.5) is 10.7 Å². The number of benzene rings is 1. The van der Waals surface area contributed by atoms with Crippen LogP contribution in [0.25, 0.3) is 0 Å². The maximum absolute atomic E-state index is 12.6. The molecule has 2 heterocycles. The summed E-state index contributed by atoms with van der Waals surface area (Å²) in [5.41, 5.74) is 5.65. The van der Waals surface area contributed by atoms with Gasteiger partial charge in [-0.2, -0.15) is 0 Å². The predicted molar refractivity (Wildman–Crippen MR) is 107 cm³/mol. The average molecular weight is 415 g/mol. The third kappa shape index (κ3) is 4.38. The number of hydrogen-bond acceptors (Lipinski definition) is 7. The molecule has 10 heteroatoms. The third-order valence-corrected chi connectivity index (χ3v) is 4.85. The Bertz CT molecular complexity index is 1060. The van der Waals surface area contributed by atoms with Gasteiger partial charge < -0.3 is 30.3 Å². The molecule has 0 saturated carbocycles. The van der Waals surface area contributed by atoms with Crippen LogP contribution < -0.4 is 25.8 Å². The van der Waals surface area contributed by atoms with Crippen LogP contribution in [-0.4, -0.2) is 31.9 Å². The third-order valence-electron chi connectivity index (χ3n) is 3.85. The zero-order chi connectivity index (χ0) is 21.0. The number of amides is 3. The number of carbonyl (C=O) groups is 3. The van der Waals surface area contributed by atoms with Crippen molar-refractivity contribution >= 4 is 39.7 Å². The molecule has 2 aromatic heterocycles. The number of thiophene rings is 1. The fourth-order valence-corrected chi connectivity index (χ4v) is 3.28. The molecular weight excluding hydrogens is 398 g/mol. The van der Waals surface area contributed by atoms with E-state index >= 15 is 0 Å². The molecular formula is C19H17N3O6S. The zero-order valence-electron chi connectivity index (χ0n) is 15.5. The zero-order valence-corrected chi connectivity index (χ0v) is 16.3. The first-order valence-corrected chi connectivity index (χ1v) is 9.06. The Kier molecular flexibility index (Phi) is 5.84. The summed E-state index contributed by atoms with van der Waals surface area (Å²) in [6.07, 6.45) is 1.39. The maximum atomic E-state index is 12.6. The summed E-state index contributed by atoms with van der Waals surface area (Å²) in [5.74, 6) is -0.869. The summed E-state index contributed by atoms with van der Waals surface area (Å²) in [6, 6.07) is 9.09. The van der Waals surface area contributed by atoms with Crippen LogP contribution in [0.15, 0.2) is 47.1 Å². The van der Waals surface area contributed by atoms with Crippen LogP contribution in [0.3, 0.4) is 0 Å². The molecule has 3 rings (SSSR count). The topological polar surface area (TPSA) is 133 Å². The van der Waals surface area contributed by atoms with Crippen molar-refractivity contribution in [2.75, 3.05) is 24.9 Å². The van der Waals surface area contributed by atoms with E-state index < -0.39 is 17.7 Å². The first-order chi connectivity index (χ1) is 13.9. The fourth-order valence-electron chi connectivity index (χ4n) is 2.48. The van der Waals surface area contributed by atoms with E-state index in [1.54, 1.807) is 18.2 Å². The van der Waals surface area contributed by atoms with Crippen molar-refractivity contribution in [2.45, 2.75) is 0 Å². The molecule has 0 unspecified atom stereocenters. The number of primary amides is 1. The van der Waals surface area contributed by atoms with Gasteiger partial charge in [-0.25, -0.2) is 0 Å². The lowest BCUT2D eigenvalue weighted by Gasteiger charge is -2.13. The van der Waals surface area contributed by atoms with Crippen LogP contribution in [0, 0.1) is 0 Å². The van der Waals surface area contributed by atoms with Gasteiger partial charge in [-0.05, 0) is 30.3 Å². The molecule has 29 heavy (non-hydrogen) atoms. The van der Waals surface area contributed by atoms with E-state index in [4.69, 9.17) is 19.6 Å². The second-order valence-electron chi connectivity index (χ2n) is 5.67. The number of rotatable bonds is 7. The number of furan rings is 1. The van der Waals surface area contributed by atoms with Gasteiger partial charge in [0, 0.05) is 6.07 Å². The molecule has 0 spiro atoms. The Morgan fingerprint density at radius 1 is 1.00 bits per heavy atom. The highest BCUT2D eigenvalue weighted by Gasteiger charge is 2.19. The van der Waals surface area contributed by atoms with Gasteiger partial charge in [0.05, 0.1) is 41.6 Å². The average Bonchev–Trinajstić information content (AvgIpc) is 3.39. The lowest BCUT2D eigenvalue weighted by atomic mass is 10.1. The smallest absolute Gasteiger partial charge is 0.291 e. The van der Waals surface area contributed by atoms with E-state index in [0.717, 1.165) is 11.3 Å². The van der Waals surface area contributed by atoms with Crippen molar-refractivity contribution in [1.82, 2.24) is 0 Å². The number of nitrogens with one attached hydrogen (secondary N) is 2. The molecule has 1 aromatic carbocycles. The molecule has 150 valence electrons. The Labute approximate surface area is 169 Å². The first kappa shape index (κ1) is 20.0. The molecule has 9 nitrogen and oxygen atoms in total. The molecule has 4 N–H and O–H groups in total. The summed E-state index contributed by atoms with van der Waals surface area (Å²) in [7, 11) is 2.85. The molecule has 3 amide bonds. The summed E-state index contributed by atoms with van der Waals surface area (Å²) in [6.45, 7) is 0. The van der Waals surface area contributed by atoms with E-state index in [9.17, 15) is 14.4 Å². The first-order valence-electron chi connectivity index (χ1n) is 8.24. The molecule has 0 aliphatic carbocycles. The van der Waals surface area contributed by atoms with Crippen LogP contribution in [0.2, 0.25) is 0 Å².